The van der Waals surface area contributed by atoms with Crippen LogP contribution < -0.4 is 4.90 Å². The van der Waals surface area contributed by atoms with Crippen molar-refractivity contribution in [2.75, 3.05) is 51.3 Å². The van der Waals surface area contributed by atoms with Gasteiger partial charge in [0, 0.05) is 58.7 Å². The smallest absolute Gasteiger partial charge is 0.270 e. The minimum absolute atomic E-state index is 0.143. The number of morpholine rings is 1. The van der Waals surface area contributed by atoms with E-state index in [1.54, 1.807) is 37.4 Å². The van der Waals surface area contributed by atoms with Gasteiger partial charge in [0.25, 0.3) is 5.91 Å². The first-order valence-corrected chi connectivity index (χ1v) is 12.1. The van der Waals surface area contributed by atoms with Crippen molar-refractivity contribution in [2.24, 2.45) is 7.05 Å². The van der Waals surface area contributed by atoms with Gasteiger partial charge >= 0.3 is 0 Å². The van der Waals surface area contributed by atoms with Crippen LogP contribution in [0.1, 0.15) is 29.9 Å². The molecule has 2 heterocycles. The quantitative estimate of drug-likeness (QED) is 0.619. The molecule has 1 aromatic carbocycles. The number of amides is 1. The largest absolute Gasteiger partial charge is 0.378 e. The van der Waals surface area contributed by atoms with Crippen LogP contribution in [0.3, 0.4) is 0 Å². The molecule has 1 saturated heterocycles. The summed E-state index contributed by atoms with van der Waals surface area (Å²) in [5.41, 5.74) is 2.49. The number of hydrogen-bond donors (Lipinski definition) is 0. The zero-order valence-electron chi connectivity index (χ0n) is 18.7. The summed E-state index contributed by atoms with van der Waals surface area (Å²) in [5.74, 6) is -0.222. The Kier molecular flexibility index (Phi) is 7.40. The van der Waals surface area contributed by atoms with Gasteiger partial charge in [0.15, 0.2) is 0 Å². The van der Waals surface area contributed by atoms with Gasteiger partial charge in [-0.2, -0.15) is 4.31 Å². The van der Waals surface area contributed by atoms with Crippen molar-refractivity contribution in [1.82, 2.24) is 13.8 Å². The Morgan fingerprint density at radius 2 is 1.77 bits per heavy atom. The van der Waals surface area contributed by atoms with E-state index in [0.717, 1.165) is 24.3 Å². The van der Waals surface area contributed by atoms with Crippen molar-refractivity contribution in [2.45, 2.75) is 25.3 Å². The van der Waals surface area contributed by atoms with Crippen LogP contribution in [-0.2, 0) is 28.4 Å². The third kappa shape index (κ3) is 4.94. The molecule has 1 amide bonds. The van der Waals surface area contributed by atoms with Crippen molar-refractivity contribution in [1.29, 1.82) is 0 Å². The van der Waals surface area contributed by atoms with Gasteiger partial charge in [-0.05, 0) is 17.7 Å². The second kappa shape index (κ2) is 9.84. The van der Waals surface area contributed by atoms with E-state index in [1.165, 1.54) is 16.6 Å². The van der Waals surface area contributed by atoms with E-state index in [9.17, 15) is 13.2 Å². The zero-order valence-corrected chi connectivity index (χ0v) is 19.6. The highest BCUT2D eigenvalue weighted by molar-refractivity contribution is 7.89. The topological polar surface area (TPSA) is 75.1 Å². The number of carbonyl (C=O) groups excluding carboxylic acids is 1. The maximum Gasteiger partial charge on any atom is 0.270 e. The Hall–Kier alpha value is -2.36. The van der Waals surface area contributed by atoms with Crippen LogP contribution in [0.4, 0.5) is 5.69 Å². The molecule has 0 spiro atoms. The summed E-state index contributed by atoms with van der Waals surface area (Å²) in [6.07, 6.45) is 1.51. The Balaban J connectivity index is 1.81. The second-order valence-corrected chi connectivity index (χ2v) is 9.59. The molecule has 9 heteroatoms. The third-order valence-electron chi connectivity index (χ3n) is 5.64. The minimum Gasteiger partial charge on any atom is -0.378 e. The summed E-state index contributed by atoms with van der Waals surface area (Å²) >= 11 is 0. The molecule has 170 valence electrons. The molecular weight excluding hydrogens is 416 g/mol. The van der Waals surface area contributed by atoms with E-state index in [2.05, 4.69) is 11.0 Å². The Morgan fingerprint density at radius 3 is 2.42 bits per heavy atom. The molecule has 1 aliphatic heterocycles. The molecular formula is C22H32N4O4S. The average molecular weight is 449 g/mol. The predicted molar refractivity (Wildman–Crippen MR) is 121 cm³/mol. The average Bonchev–Trinajstić information content (AvgIpc) is 3.17. The lowest BCUT2D eigenvalue weighted by Gasteiger charge is -2.31. The molecule has 1 aromatic heterocycles. The van der Waals surface area contributed by atoms with Gasteiger partial charge < -0.3 is 19.1 Å². The van der Waals surface area contributed by atoms with E-state index < -0.39 is 10.0 Å². The number of aryl methyl sites for hydroxylation is 1. The summed E-state index contributed by atoms with van der Waals surface area (Å²) in [6, 6.07) is 9.53. The normalized spacial score (nSPS) is 14.8. The predicted octanol–water partition coefficient (Wildman–Crippen LogP) is 2.16. The van der Waals surface area contributed by atoms with Crippen LogP contribution >= 0.6 is 0 Å². The molecule has 2 aromatic rings. The Labute approximate surface area is 185 Å². The number of benzene rings is 1. The van der Waals surface area contributed by atoms with Crippen molar-refractivity contribution in [3.63, 3.8) is 0 Å². The maximum absolute atomic E-state index is 13.2. The standard InChI is InChI=1S/C22H32N4O4S/c1-5-26(6-2)31(28,29)19-15-21(23(3)17-19)22(27)24(4)16-18-9-7-8-10-20(18)25-11-13-30-14-12-25/h7-10,15,17H,5-6,11-14,16H2,1-4H3. The number of sulfonamides is 1. The molecule has 0 saturated carbocycles. The summed E-state index contributed by atoms with van der Waals surface area (Å²) in [7, 11) is -0.180. The summed E-state index contributed by atoms with van der Waals surface area (Å²) < 4.78 is 34.1. The maximum atomic E-state index is 13.2. The number of anilines is 1. The van der Waals surface area contributed by atoms with Gasteiger partial charge in [0.2, 0.25) is 10.0 Å². The van der Waals surface area contributed by atoms with Crippen LogP contribution in [0.25, 0.3) is 0 Å². The highest BCUT2D eigenvalue weighted by Crippen LogP contribution is 2.24. The van der Waals surface area contributed by atoms with Crippen molar-refractivity contribution in [3.05, 3.63) is 47.8 Å². The Bertz CT molecular complexity index is 1010. The Morgan fingerprint density at radius 1 is 1.13 bits per heavy atom. The van der Waals surface area contributed by atoms with E-state index in [0.29, 0.717) is 38.5 Å². The van der Waals surface area contributed by atoms with Gasteiger partial charge in [0.05, 0.1) is 13.2 Å². The molecule has 31 heavy (non-hydrogen) atoms. The number of para-hydroxylation sites is 1. The molecule has 0 unspecified atom stereocenters. The molecule has 1 aliphatic rings. The van der Waals surface area contributed by atoms with Gasteiger partial charge in [-0.3, -0.25) is 4.79 Å². The van der Waals surface area contributed by atoms with Crippen molar-refractivity contribution in [3.8, 4) is 0 Å². The van der Waals surface area contributed by atoms with Gasteiger partial charge in [-0.15, -0.1) is 0 Å². The van der Waals surface area contributed by atoms with E-state index in [-0.39, 0.29) is 10.8 Å². The summed E-state index contributed by atoms with van der Waals surface area (Å²) in [5, 5.41) is 0. The van der Waals surface area contributed by atoms with Gasteiger partial charge in [-0.25, -0.2) is 8.42 Å². The first-order valence-electron chi connectivity index (χ1n) is 10.6. The number of rotatable bonds is 8. The highest BCUT2D eigenvalue weighted by atomic mass is 32.2. The van der Waals surface area contributed by atoms with Crippen LogP contribution in [0.5, 0.6) is 0 Å². The summed E-state index contributed by atoms with van der Waals surface area (Å²) in [4.78, 5) is 17.2. The highest BCUT2D eigenvalue weighted by Gasteiger charge is 2.26. The van der Waals surface area contributed by atoms with Crippen LogP contribution in [-0.4, -0.2) is 74.5 Å². The van der Waals surface area contributed by atoms with Gasteiger partial charge in [0.1, 0.15) is 10.6 Å². The molecule has 0 atom stereocenters. The molecule has 8 nitrogen and oxygen atoms in total. The van der Waals surface area contributed by atoms with Crippen LogP contribution in [0, 0.1) is 0 Å². The summed E-state index contributed by atoms with van der Waals surface area (Å²) in [6.45, 7) is 7.82. The van der Waals surface area contributed by atoms with Gasteiger partial charge in [-0.1, -0.05) is 32.0 Å². The number of aromatic nitrogens is 1. The molecule has 0 radical (unpaired) electrons. The van der Waals surface area contributed by atoms with E-state index in [4.69, 9.17) is 4.74 Å². The van der Waals surface area contributed by atoms with E-state index >= 15 is 0 Å². The van der Waals surface area contributed by atoms with E-state index in [1.807, 2.05) is 18.2 Å². The third-order valence-corrected chi connectivity index (χ3v) is 7.65. The van der Waals surface area contributed by atoms with Crippen LogP contribution in [0.2, 0.25) is 0 Å². The second-order valence-electron chi connectivity index (χ2n) is 7.65. The first-order chi connectivity index (χ1) is 14.8. The van der Waals surface area contributed by atoms with Crippen molar-refractivity contribution >= 4 is 21.6 Å². The molecule has 0 aliphatic carbocycles. The SMILES string of the molecule is CCN(CC)S(=O)(=O)c1cc(C(=O)N(C)Cc2ccccc2N2CCOCC2)n(C)c1. The van der Waals surface area contributed by atoms with Crippen molar-refractivity contribution < 1.29 is 17.9 Å². The lowest BCUT2D eigenvalue weighted by atomic mass is 10.1. The zero-order chi connectivity index (χ0) is 22.6. The minimum atomic E-state index is -3.62. The fraction of sp³-hybridized carbons (Fsp3) is 0.500. The molecule has 0 bridgehead atoms. The molecule has 1 fully saturated rings. The molecule has 0 N–H and O–H groups in total. The molecule has 3 rings (SSSR count). The fourth-order valence-corrected chi connectivity index (χ4v) is 5.41. The fourth-order valence-electron chi connectivity index (χ4n) is 3.88. The van der Waals surface area contributed by atoms with Crippen LogP contribution in [0.15, 0.2) is 41.4 Å². The number of hydrogen-bond acceptors (Lipinski definition) is 5. The lowest BCUT2D eigenvalue weighted by Crippen LogP contribution is -2.37. The number of ether oxygens (including phenoxy) is 1. The number of carbonyl (C=O) groups is 1. The monoisotopic (exact) mass is 448 g/mol. The lowest BCUT2D eigenvalue weighted by molar-refractivity contribution is 0.0775. The number of nitrogens with zero attached hydrogens (tertiary/aromatic N) is 4. The first kappa shape index (κ1) is 23.3.